The molecule has 1 unspecified atom stereocenters. The number of carbonyl (C=O) groups excluding carboxylic acids is 4. The van der Waals surface area contributed by atoms with Crippen molar-refractivity contribution in [3.63, 3.8) is 0 Å². The van der Waals surface area contributed by atoms with Crippen LogP contribution >= 0.6 is 0 Å². The van der Waals surface area contributed by atoms with Crippen LogP contribution in [0.4, 0.5) is 16.2 Å². The number of anilines is 2. The highest BCUT2D eigenvalue weighted by molar-refractivity contribution is 5.73. The van der Waals surface area contributed by atoms with E-state index in [9.17, 15) is 28.8 Å². The van der Waals surface area contributed by atoms with Crippen molar-refractivity contribution in [2.75, 3.05) is 70.1 Å². The number of unbranched alkanes of at least 4 members (excludes halogenated alkanes) is 36. The molecule has 4 N–H and O–H groups in total. The van der Waals surface area contributed by atoms with E-state index in [1.807, 2.05) is 30.3 Å². The molecule has 0 radical (unpaired) electrons. The zero-order valence-electron chi connectivity index (χ0n) is 68.6. The molecule has 0 heterocycles. The van der Waals surface area contributed by atoms with Crippen molar-refractivity contribution in [3.8, 4) is 0 Å². The Morgan fingerprint density at radius 3 is 1.20 bits per heavy atom. The highest BCUT2D eigenvalue weighted by Gasteiger charge is 2.20. The van der Waals surface area contributed by atoms with Crippen molar-refractivity contribution in [1.29, 1.82) is 0 Å². The summed E-state index contributed by atoms with van der Waals surface area (Å²) in [4.78, 5) is 76.0. The third kappa shape index (κ3) is 59.5. The topological polar surface area (TPSA) is 191 Å². The second kappa shape index (κ2) is 74.0. The molecule has 2 aromatic rings. The molecule has 0 bridgehead atoms. The molecular formula is C89H163N5O10. The van der Waals surface area contributed by atoms with Crippen LogP contribution in [0.15, 0.2) is 39.9 Å². The van der Waals surface area contributed by atoms with Gasteiger partial charge < -0.3 is 45.1 Å². The Labute approximate surface area is 638 Å². The second-order valence-corrected chi connectivity index (χ2v) is 30.4. The van der Waals surface area contributed by atoms with Crippen LogP contribution in [0.3, 0.4) is 0 Å². The van der Waals surface area contributed by atoms with Crippen molar-refractivity contribution in [2.24, 2.45) is 5.92 Å². The first-order valence-corrected chi connectivity index (χ1v) is 44.1. The van der Waals surface area contributed by atoms with Crippen LogP contribution in [0.5, 0.6) is 0 Å². The number of rotatable bonds is 76. The quantitative estimate of drug-likeness (QED) is 0.0212. The Morgan fingerprint density at radius 2 is 0.750 bits per heavy atom. The number of nitrogens with one attached hydrogen (secondary N) is 4. The molecule has 0 aliphatic rings. The fourth-order valence-corrected chi connectivity index (χ4v) is 13.9. The van der Waals surface area contributed by atoms with Gasteiger partial charge in [0.15, 0.2) is 0 Å². The number of carbonyl (C=O) groups is 4. The summed E-state index contributed by atoms with van der Waals surface area (Å²) in [5.74, 6) is 0.478. The van der Waals surface area contributed by atoms with Gasteiger partial charge in [-0.15, -0.1) is 0 Å². The normalized spacial score (nSPS) is 11.7. The lowest BCUT2D eigenvalue weighted by Crippen LogP contribution is -2.37. The molecule has 1 atom stereocenters. The van der Waals surface area contributed by atoms with Crippen LogP contribution < -0.4 is 32.1 Å². The maximum atomic E-state index is 12.9. The SMILES string of the molecule is CCCCCCCCC(CCCCCCCC)OC(=O)CCCCCCCN(CCCCCCCC(=O)OCC(CCC)CCCCCCC)CCCNc1c(NC)c(=O)c1=O.CCCCCCCCC(CCCCCCCC)OC(=O)CCCCCCCNCCCNC(=O)OCc1ccccc1. The van der Waals surface area contributed by atoms with E-state index in [-0.39, 0.29) is 36.2 Å². The predicted octanol–water partition coefficient (Wildman–Crippen LogP) is 23.5. The Bertz CT molecular complexity index is 2280. The minimum Gasteiger partial charge on any atom is -0.465 e. The van der Waals surface area contributed by atoms with E-state index in [2.05, 4.69) is 67.7 Å². The summed E-state index contributed by atoms with van der Waals surface area (Å²) >= 11 is 0. The van der Waals surface area contributed by atoms with Crippen LogP contribution in [-0.2, 0) is 39.9 Å². The molecule has 0 fully saturated rings. The first-order chi connectivity index (χ1) is 51.0. The third-order valence-corrected chi connectivity index (χ3v) is 20.6. The molecule has 0 aromatic heterocycles. The number of hydrogen-bond acceptors (Lipinski definition) is 14. The van der Waals surface area contributed by atoms with E-state index in [4.69, 9.17) is 18.9 Å². The monoisotopic (exact) mass is 1460 g/mol. The number of hydrogen-bond donors (Lipinski definition) is 4. The van der Waals surface area contributed by atoms with Gasteiger partial charge in [0.2, 0.25) is 0 Å². The first kappa shape index (κ1) is 97.5. The lowest BCUT2D eigenvalue weighted by Gasteiger charge is -2.23. The largest absolute Gasteiger partial charge is 0.465 e. The highest BCUT2D eigenvalue weighted by atomic mass is 16.6. The molecule has 0 saturated heterocycles. The van der Waals surface area contributed by atoms with Gasteiger partial charge in [-0.2, -0.15) is 0 Å². The number of ether oxygens (including phenoxy) is 4. The van der Waals surface area contributed by atoms with E-state index in [0.29, 0.717) is 62.9 Å². The molecular weight excluding hydrogens is 1300 g/mol. The molecule has 0 saturated carbocycles. The van der Waals surface area contributed by atoms with E-state index >= 15 is 0 Å². The fourth-order valence-electron chi connectivity index (χ4n) is 13.9. The Balaban J connectivity index is 0.00000112. The van der Waals surface area contributed by atoms with Crippen molar-refractivity contribution in [1.82, 2.24) is 15.5 Å². The molecule has 1 amide bonds. The number of esters is 3. The standard InChI is InChI=1S/C53H99N3O6.C36H64N2O4/c1-6-10-13-16-21-28-37-47(38-29-22-17-14-11-7-2)62-49(58)40-31-24-19-26-33-43-56(44-34-41-55-51-50(54-5)52(59)53(51)60)42-32-25-18-23-30-39-48(57)61-45-46(35-9-4)36-27-20-15-12-8-3;1-3-5-7-9-12-19-26-34(27-20-13-10-8-6-4-2)42-35(39)28-21-14-11-15-22-29-37-30-23-31-38-36(40)41-32-33-24-17-16-18-25-33/h46-47,54-55H,6-45H2,1-5H3;16-18,24-25,34,37H,3-15,19-23,26-32H2,1-2H3,(H,38,40). The van der Waals surface area contributed by atoms with E-state index in [1.54, 1.807) is 7.05 Å². The predicted molar refractivity (Wildman–Crippen MR) is 440 cm³/mol. The average molecular weight is 1460 g/mol. The molecule has 604 valence electrons. The highest BCUT2D eigenvalue weighted by Crippen LogP contribution is 2.23. The molecule has 0 spiro atoms. The lowest BCUT2D eigenvalue weighted by molar-refractivity contribution is -0.151. The third-order valence-electron chi connectivity index (χ3n) is 20.6. The lowest BCUT2D eigenvalue weighted by atomic mass is 9.97. The van der Waals surface area contributed by atoms with Crippen molar-refractivity contribution in [3.05, 3.63) is 56.3 Å². The smallest absolute Gasteiger partial charge is 0.407 e. The first-order valence-electron chi connectivity index (χ1n) is 44.1. The van der Waals surface area contributed by atoms with E-state index in [1.165, 1.54) is 186 Å². The van der Waals surface area contributed by atoms with Crippen LogP contribution in [0.2, 0.25) is 0 Å². The van der Waals surface area contributed by atoms with Gasteiger partial charge in [-0.1, -0.05) is 297 Å². The van der Waals surface area contributed by atoms with Crippen LogP contribution in [0.25, 0.3) is 0 Å². The van der Waals surface area contributed by atoms with Gasteiger partial charge in [0.05, 0.1) is 6.61 Å². The number of alkyl carbamates (subject to hydrolysis) is 1. The van der Waals surface area contributed by atoms with Crippen LogP contribution in [0, 0.1) is 5.92 Å². The summed E-state index contributed by atoms with van der Waals surface area (Å²) < 4.78 is 23.0. The number of benzene rings is 1. The van der Waals surface area contributed by atoms with Crippen molar-refractivity contribution in [2.45, 2.75) is 420 Å². The minimum atomic E-state index is -0.439. The van der Waals surface area contributed by atoms with Gasteiger partial charge in [0, 0.05) is 39.4 Å². The summed E-state index contributed by atoms with van der Waals surface area (Å²) in [6.45, 7) is 20.5. The van der Waals surface area contributed by atoms with Gasteiger partial charge in [-0.25, -0.2) is 4.79 Å². The summed E-state index contributed by atoms with van der Waals surface area (Å²) in [5, 5.41) is 12.3. The van der Waals surface area contributed by atoms with Crippen molar-refractivity contribution < 1.29 is 38.1 Å². The average Bonchev–Trinajstić information content (AvgIpc) is 0.790. The summed E-state index contributed by atoms with van der Waals surface area (Å²) in [6, 6.07) is 9.69. The molecule has 0 aliphatic carbocycles. The maximum Gasteiger partial charge on any atom is 0.407 e. The van der Waals surface area contributed by atoms with Gasteiger partial charge in [0.25, 0.3) is 10.9 Å². The number of amides is 1. The zero-order chi connectivity index (χ0) is 75.7. The second-order valence-electron chi connectivity index (χ2n) is 30.4. The molecule has 15 heteroatoms. The van der Waals surface area contributed by atoms with Gasteiger partial charge in [-0.05, 0) is 160 Å². The Morgan fingerprint density at radius 1 is 0.365 bits per heavy atom. The fraction of sp³-hybridized carbons (Fsp3) is 0.843. The van der Waals surface area contributed by atoms with Crippen LogP contribution in [0.1, 0.15) is 407 Å². The Hall–Kier alpha value is -4.50. The number of nitrogens with zero attached hydrogens (tertiary/aromatic N) is 1. The zero-order valence-corrected chi connectivity index (χ0v) is 68.6. The van der Waals surface area contributed by atoms with Gasteiger partial charge >= 0.3 is 24.0 Å². The maximum absolute atomic E-state index is 12.9. The summed E-state index contributed by atoms with van der Waals surface area (Å²) in [5.41, 5.74) is 0.929. The molecule has 104 heavy (non-hydrogen) atoms. The summed E-state index contributed by atoms with van der Waals surface area (Å²) in [6.07, 6.45) is 64.0. The summed E-state index contributed by atoms with van der Waals surface area (Å²) in [7, 11) is 1.67. The van der Waals surface area contributed by atoms with E-state index in [0.717, 1.165) is 192 Å². The van der Waals surface area contributed by atoms with Gasteiger partial charge in [0.1, 0.15) is 30.2 Å². The van der Waals surface area contributed by atoms with Crippen LogP contribution in [-0.4, -0.2) is 101 Å². The molecule has 0 aliphatic heterocycles. The minimum absolute atomic E-state index is 0.00314. The Kier molecular flexibility index (Phi) is 69.4. The molecule has 2 rings (SSSR count). The van der Waals surface area contributed by atoms with Crippen molar-refractivity contribution >= 4 is 35.4 Å². The molecule has 15 nitrogen and oxygen atoms in total. The molecule has 2 aromatic carbocycles. The van der Waals surface area contributed by atoms with Gasteiger partial charge in [-0.3, -0.25) is 24.0 Å². The van der Waals surface area contributed by atoms with E-state index < -0.39 is 10.9 Å².